The number of aromatic nitrogens is 1. The number of methoxy groups -OCH3 is 1. The zero-order valence-corrected chi connectivity index (χ0v) is 17.7. The SMILES string of the molecule is COc1cccc(/C(O)=C2\C(=O)C(=O)N(c3cc(C)on3)[C@H]2c2ccc(Br)cc2)c1. The third-order valence-corrected chi connectivity index (χ3v) is 5.36. The first kappa shape index (κ1) is 19.9. The topological polar surface area (TPSA) is 92.9 Å². The normalized spacial score (nSPS) is 18.1. The molecule has 3 aromatic rings. The number of Topliss-reactive ketones (excluding diaryl/α,β-unsaturated/α-hetero) is 1. The molecule has 1 amide bonds. The molecule has 0 bridgehead atoms. The molecule has 0 radical (unpaired) electrons. The van der Waals surface area contributed by atoms with Crippen molar-refractivity contribution in [3.05, 3.63) is 81.5 Å². The van der Waals surface area contributed by atoms with E-state index in [1.807, 2.05) is 0 Å². The van der Waals surface area contributed by atoms with Crippen LogP contribution in [0.15, 0.2) is 69.2 Å². The predicted molar refractivity (Wildman–Crippen MR) is 113 cm³/mol. The van der Waals surface area contributed by atoms with Crippen LogP contribution in [0, 0.1) is 6.92 Å². The Bertz CT molecular complexity index is 1170. The third kappa shape index (κ3) is 3.39. The highest BCUT2D eigenvalue weighted by atomic mass is 79.9. The summed E-state index contributed by atoms with van der Waals surface area (Å²) in [5.41, 5.74) is 0.976. The van der Waals surface area contributed by atoms with Crippen molar-refractivity contribution in [2.75, 3.05) is 12.0 Å². The average molecular weight is 469 g/mol. The number of aliphatic hydroxyl groups is 1. The van der Waals surface area contributed by atoms with Gasteiger partial charge in [0.1, 0.15) is 17.3 Å². The van der Waals surface area contributed by atoms with Gasteiger partial charge in [-0.15, -0.1) is 0 Å². The van der Waals surface area contributed by atoms with E-state index in [0.29, 0.717) is 22.6 Å². The van der Waals surface area contributed by atoms with E-state index in [0.717, 1.165) is 4.47 Å². The van der Waals surface area contributed by atoms with Gasteiger partial charge in [-0.2, -0.15) is 0 Å². The Morgan fingerprint density at radius 2 is 1.90 bits per heavy atom. The summed E-state index contributed by atoms with van der Waals surface area (Å²) in [7, 11) is 1.51. The number of rotatable bonds is 4. The van der Waals surface area contributed by atoms with E-state index in [1.54, 1.807) is 61.5 Å². The van der Waals surface area contributed by atoms with Gasteiger partial charge in [0.15, 0.2) is 5.82 Å². The Kier molecular flexibility index (Phi) is 5.17. The zero-order valence-electron chi connectivity index (χ0n) is 16.1. The van der Waals surface area contributed by atoms with Gasteiger partial charge in [-0.1, -0.05) is 45.4 Å². The molecule has 4 rings (SSSR count). The van der Waals surface area contributed by atoms with Crippen molar-refractivity contribution in [1.29, 1.82) is 0 Å². The van der Waals surface area contributed by atoms with Crippen molar-refractivity contribution < 1.29 is 24.0 Å². The maximum absolute atomic E-state index is 13.0. The summed E-state index contributed by atoms with van der Waals surface area (Å²) in [6, 6.07) is 14.5. The lowest BCUT2D eigenvalue weighted by Gasteiger charge is -2.23. The van der Waals surface area contributed by atoms with E-state index in [1.165, 1.54) is 12.0 Å². The van der Waals surface area contributed by atoms with Gasteiger partial charge in [-0.05, 0) is 36.8 Å². The highest BCUT2D eigenvalue weighted by molar-refractivity contribution is 9.10. The van der Waals surface area contributed by atoms with Gasteiger partial charge < -0.3 is 14.4 Å². The van der Waals surface area contributed by atoms with E-state index in [-0.39, 0.29) is 17.2 Å². The van der Waals surface area contributed by atoms with E-state index >= 15 is 0 Å². The molecular weight excluding hydrogens is 452 g/mol. The van der Waals surface area contributed by atoms with Crippen molar-refractivity contribution in [1.82, 2.24) is 5.16 Å². The first-order valence-electron chi connectivity index (χ1n) is 9.05. The second-order valence-electron chi connectivity index (χ2n) is 6.75. The van der Waals surface area contributed by atoms with Crippen LogP contribution in [0.3, 0.4) is 0 Å². The van der Waals surface area contributed by atoms with E-state index in [9.17, 15) is 14.7 Å². The number of aliphatic hydroxyl groups excluding tert-OH is 1. The molecule has 0 spiro atoms. The van der Waals surface area contributed by atoms with Gasteiger partial charge in [0, 0.05) is 16.1 Å². The second-order valence-corrected chi connectivity index (χ2v) is 7.66. The van der Waals surface area contributed by atoms with Crippen LogP contribution < -0.4 is 9.64 Å². The number of halogens is 1. The number of anilines is 1. The number of aryl methyl sites for hydroxylation is 1. The highest BCUT2D eigenvalue weighted by Crippen LogP contribution is 2.42. The van der Waals surface area contributed by atoms with Crippen molar-refractivity contribution in [2.24, 2.45) is 0 Å². The lowest BCUT2D eigenvalue weighted by Crippen LogP contribution is -2.29. The number of benzene rings is 2. The molecule has 0 unspecified atom stereocenters. The number of ether oxygens (including phenoxy) is 1. The first-order chi connectivity index (χ1) is 14.4. The molecule has 152 valence electrons. The number of ketones is 1. The van der Waals surface area contributed by atoms with E-state index in [4.69, 9.17) is 9.26 Å². The summed E-state index contributed by atoms with van der Waals surface area (Å²) in [4.78, 5) is 27.2. The fourth-order valence-electron chi connectivity index (χ4n) is 3.42. The molecule has 1 fully saturated rings. The summed E-state index contributed by atoms with van der Waals surface area (Å²) in [6.07, 6.45) is 0. The van der Waals surface area contributed by atoms with Gasteiger partial charge in [-0.3, -0.25) is 14.5 Å². The average Bonchev–Trinajstić information content (AvgIpc) is 3.29. The molecule has 1 aliphatic rings. The monoisotopic (exact) mass is 468 g/mol. The zero-order chi connectivity index (χ0) is 21.4. The number of hydrogen-bond acceptors (Lipinski definition) is 6. The quantitative estimate of drug-likeness (QED) is 0.347. The Morgan fingerprint density at radius 3 is 2.53 bits per heavy atom. The van der Waals surface area contributed by atoms with Crippen molar-refractivity contribution in [2.45, 2.75) is 13.0 Å². The first-order valence-corrected chi connectivity index (χ1v) is 9.84. The standard InChI is InChI=1S/C22H17BrN2O5/c1-12-10-17(24-30-12)25-19(13-6-8-15(23)9-7-13)18(21(27)22(25)28)20(26)14-4-3-5-16(11-14)29-2/h3-11,19,26H,1-2H3/b20-18+/t19-/m0/s1. The molecule has 0 aliphatic carbocycles. The van der Waals surface area contributed by atoms with Crippen molar-refractivity contribution >= 4 is 39.2 Å². The summed E-state index contributed by atoms with van der Waals surface area (Å²) in [5.74, 6) is -0.672. The summed E-state index contributed by atoms with van der Waals surface area (Å²) in [6.45, 7) is 1.69. The van der Waals surface area contributed by atoms with Gasteiger partial charge in [0.25, 0.3) is 5.78 Å². The lowest BCUT2D eigenvalue weighted by molar-refractivity contribution is -0.132. The van der Waals surface area contributed by atoms with Gasteiger partial charge >= 0.3 is 5.91 Å². The molecule has 2 aromatic carbocycles. The predicted octanol–water partition coefficient (Wildman–Crippen LogP) is 4.38. The maximum Gasteiger partial charge on any atom is 0.301 e. The number of hydrogen-bond donors (Lipinski definition) is 1. The fraction of sp³-hybridized carbons (Fsp3) is 0.136. The minimum atomic E-state index is -0.867. The molecule has 0 saturated carbocycles. The van der Waals surface area contributed by atoms with Crippen LogP contribution in [0.2, 0.25) is 0 Å². The molecule has 1 saturated heterocycles. The van der Waals surface area contributed by atoms with Crippen LogP contribution in [-0.2, 0) is 9.59 Å². The van der Waals surface area contributed by atoms with Crippen LogP contribution in [0.4, 0.5) is 5.82 Å². The summed E-state index contributed by atoms with van der Waals surface area (Å²) < 4.78 is 11.2. The lowest BCUT2D eigenvalue weighted by atomic mass is 9.95. The Morgan fingerprint density at radius 1 is 1.17 bits per heavy atom. The van der Waals surface area contributed by atoms with Crippen molar-refractivity contribution in [3.63, 3.8) is 0 Å². The summed E-state index contributed by atoms with van der Waals surface area (Å²) >= 11 is 3.39. The van der Waals surface area contributed by atoms with Crippen LogP contribution >= 0.6 is 15.9 Å². The number of carbonyl (C=O) groups excluding carboxylic acids is 2. The molecule has 8 heteroatoms. The number of nitrogens with zero attached hydrogens (tertiary/aromatic N) is 2. The van der Waals surface area contributed by atoms with Crippen LogP contribution in [0.25, 0.3) is 5.76 Å². The fourth-order valence-corrected chi connectivity index (χ4v) is 3.69. The molecule has 7 nitrogen and oxygen atoms in total. The molecule has 1 atom stereocenters. The van der Waals surface area contributed by atoms with Crippen molar-refractivity contribution in [3.8, 4) is 5.75 Å². The minimum absolute atomic E-state index is 0.0313. The largest absolute Gasteiger partial charge is 0.507 e. The van der Waals surface area contributed by atoms with E-state index in [2.05, 4.69) is 21.1 Å². The molecule has 2 heterocycles. The van der Waals surface area contributed by atoms with Crippen LogP contribution in [0.5, 0.6) is 5.75 Å². The summed E-state index contributed by atoms with van der Waals surface area (Å²) in [5, 5.41) is 15.0. The van der Waals surface area contributed by atoms with E-state index < -0.39 is 17.7 Å². The van der Waals surface area contributed by atoms with Crippen LogP contribution in [-0.4, -0.2) is 29.1 Å². The highest BCUT2D eigenvalue weighted by Gasteiger charge is 2.48. The van der Waals surface area contributed by atoms with Crippen LogP contribution in [0.1, 0.15) is 22.9 Å². The van der Waals surface area contributed by atoms with Gasteiger partial charge in [0.05, 0.1) is 18.7 Å². The maximum atomic E-state index is 13.0. The molecule has 1 aliphatic heterocycles. The Labute approximate surface area is 180 Å². The number of carbonyl (C=O) groups is 2. The minimum Gasteiger partial charge on any atom is -0.507 e. The Hall–Kier alpha value is -3.39. The van der Waals surface area contributed by atoms with Gasteiger partial charge in [-0.25, -0.2) is 0 Å². The molecule has 1 aromatic heterocycles. The molecule has 30 heavy (non-hydrogen) atoms. The Balaban J connectivity index is 1.94. The third-order valence-electron chi connectivity index (χ3n) is 4.84. The number of amides is 1. The van der Waals surface area contributed by atoms with Gasteiger partial charge in [0.2, 0.25) is 0 Å². The second kappa shape index (κ2) is 7.79. The molecule has 1 N–H and O–H groups in total. The smallest absolute Gasteiger partial charge is 0.301 e. The molecular formula is C22H17BrN2O5.